The quantitative estimate of drug-likeness (QED) is 0.301. The van der Waals surface area contributed by atoms with Crippen molar-refractivity contribution in [3.05, 3.63) is 113 Å². The predicted molar refractivity (Wildman–Crippen MR) is 146 cm³/mol. The molecule has 1 N–H and O–H groups in total. The SMILES string of the molecule is CCc1ccc(-c2noc(C3=C(C)N(CCc4ccccc4)C(=O)NC3c3ccc(CC)cc3)n2)cc1. The minimum Gasteiger partial charge on any atom is -0.334 e. The van der Waals surface area contributed by atoms with Crippen LogP contribution in [-0.4, -0.2) is 27.6 Å². The second-order valence-corrected chi connectivity index (χ2v) is 9.34. The first kappa shape index (κ1) is 24.5. The number of nitrogens with zero attached hydrogens (tertiary/aromatic N) is 3. The third-order valence-corrected chi connectivity index (χ3v) is 7.06. The van der Waals surface area contributed by atoms with E-state index >= 15 is 0 Å². The summed E-state index contributed by atoms with van der Waals surface area (Å²) in [4.78, 5) is 19.9. The lowest BCUT2D eigenvalue weighted by molar-refractivity contribution is 0.205. The number of hydrogen-bond donors (Lipinski definition) is 1. The first-order valence-electron chi connectivity index (χ1n) is 12.9. The molecule has 0 bridgehead atoms. The minimum atomic E-state index is -0.387. The van der Waals surface area contributed by atoms with E-state index in [0.29, 0.717) is 18.3 Å². The van der Waals surface area contributed by atoms with Gasteiger partial charge in [-0.3, -0.25) is 4.90 Å². The molecule has 6 nitrogen and oxygen atoms in total. The van der Waals surface area contributed by atoms with Gasteiger partial charge in [0.15, 0.2) is 0 Å². The highest BCUT2D eigenvalue weighted by atomic mass is 16.5. The normalized spacial score (nSPS) is 15.7. The van der Waals surface area contributed by atoms with Gasteiger partial charge in [-0.15, -0.1) is 0 Å². The smallest absolute Gasteiger partial charge is 0.322 e. The highest BCUT2D eigenvalue weighted by molar-refractivity contribution is 5.87. The molecule has 0 saturated carbocycles. The Morgan fingerprint density at radius 3 is 2.16 bits per heavy atom. The van der Waals surface area contributed by atoms with Gasteiger partial charge in [-0.05, 0) is 48.4 Å². The first-order valence-corrected chi connectivity index (χ1v) is 12.9. The summed E-state index contributed by atoms with van der Waals surface area (Å²) in [6.45, 7) is 6.77. The van der Waals surface area contributed by atoms with Crippen molar-refractivity contribution in [3.63, 3.8) is 0 Å². The second kappa shape index (κ2) is 10.8. The van der Waals surface area contributed by atoms with Crippen molar-refractivity contribution in [2.75, 3.05) is 6.54 Å². The summed E-state index contributed by atoms with van der Waals surface area (Å²) in [5.41, 5.74) is 7.20. The van der Waals surface area contributed by atoms with Gasteiger partial charge in [-0.25, -0.2) is 4.79 Å². The number of benzene rings is 3. The van der Waals surface area contributed by atoms with E-state index < -0.39 is 0 Å². The zero-order chi connectivity index (χ0) is 25.8. The Balaban J connectivity index is 1.52. The molecule has 0 radical (unpaired) electrons. The molecule has 1 unspecified atom stereocenters. The van der Waals surface area contributed by atoms with Crippen molar-refractivity contribution < 1.29 is 9.32 Å². The van der Waals surface area contributed by atoms with E-state index in [2.05, 4.69) is 72.9 Å². The van der Waals surface area contributed by atoms with Crippen LogP contribution in [0, 0.1) is 0 Å². The zero-order valence-corrected chi connectivity index (χ0v) is 21.6. The van der Waals surface area contributed by atoms with E-state index in [-0.39, 0.29) is 12.1 Å². The molecular weight excluding hydrogens is 460 g/mol. The average molecular weight is 493 g/mol. The number of aromatic nitrogens is 2. The van der Waals surface area contributed by atoms with Crippen molar-refractivity contribution in [1.82, 2.24) is 20.4 Å². The molecule has 4 aromatic rings. The molecule has 1 atom stereocenters. The van der Waals surface area contributed by atoms with Gasteiger partial charge in [0.05, 0.1) is 11.6 Å². The Bertz CT molecular complexity index is 1390. The van der Waals surface area contributed by atoms with Crippen LogP contribution >= 0.6 is 0 Å². The fourth-order valence-corrected chi connectivity index (χ4v) is 4.75. The summed E-state index contributed by atoms with van der Waals surface area (Å²) in [6, 6.07) is 26.2. The fourth-order valence-electron chi connectivity index (χ4n) is 4.75. The molecule has 1 aliphatic heterocycles. The number of urea groups is 1. The molecule has 1 aliphatic rings. The molecule has 6 heteroatoms. The Morgan fingerprint density at radius 2 is 1.51 bits per heavy atom. The van der Waals surface area contributed by atoms with E-state index in [4.69, 9.17) is 9.51 Å². The Morgan fingerprint density at radius 1 is 0.865 bits per heavy atom. The number of carbonyl (C=O) groups is 1. The summed E-state index contributed by atoms with van der Waals surface area (Å²) in [7, 11) is 0. The molecule has 5 rings (SSSR count). The molecule has 3 aromatic carbocycles. The van der Waals surface area contributed by atoms with Crippen LogP contribution in [0.3, 0.4) is 0 Å². The van der Waals surface area contributed by atoms with Gasteiger partial charge in [0.2, 0.25) is 5.82 Å². The lowest BCUT2D eigenvalue weighted by atomic mass is 9.93. The molecule has 2 heterocycles. The topological polar surface area (TPSA) is 71.3 Å². The molecule has 0 aliphatic carbocycles. The number of carbonyl (C=O) groups excluding carboxylic acids is 1. The Hall–Kier alpha value is -4.19. The highest BCUT2D eigenvalue weighted by Crippen LogP contribution is 2.37. The van der Waals surface area contributed by atoms with Crippen LogP contribution in [0.5, 0.6) is 0 Å². The fraction of sp³-hybridized carbons (Fsp3) is 0.258. The van der Waals surface area contributed by atoms with Crippen molar-refractivity contribution in [2.24, 2.45) is 0 Å². The van der Waals surface area contributed by atoms with Crippen LogP contribution in [0.15, 0.2) is 89.1 Å². The van der Waals surface area contributed by atoms with Gasteiger partial charge in [-0.1, -0.05) is 97.9 Å². The first-order chi connectivity index (χ1) is 18.1. The maximum atomic E-state index is 13.3. The van der Waals surface area contributed by atoms with Crippen molar-refractivity contribution in [1.29, 1.82) is 0 Å². The molecule has 0 spiro atoms. The largest absolute Gasteiger partial charge is 0.334 e. The number of allylic oxidation sites excluding steroid dienone is 1. The molecule has 188 valence electrons. The maximum Gasteiger partial charge on any atom is 0.322 e. The summed E-state index contributed by atoms with van der Waals surface area (Å²) >= 11 is 0. The lowest BCUT2D eigenvalue weighted by Gasteiger charge is -2.35. The second-order valence-electron chi connectivity index (χ2n) is 9.34. The third kappa shape index (κ3) is 5.19. The van der Waals surface area contributed by atoms with Gasteiger partial charge in [-0.2, -0.15) is 4.98 Å². The van der Waals surface area contributed by atoms with Crippen LogP contribution in [0.25, 0.3) is 17.0 Å². The van der Waals surface area contributed by atoms with E-state index in [1.807, 2.05) is 37.3 Å². The van der Waals surface area contributed by atoms with E-state index in [9.17, 15) is 4.79 Å². The zero-order valence-electron chi connectivity index (χ0n) is 21.6. The van der Waals surface area contributed by atoms with Crippen LogP contribution in [0.4, 0.5) is 4.79 Å². The molecule has 37 heavy (non-hydrogen) atoms. The number of amides is 2. The van der Waals surface area contributed by atoms with Crippen molar-refractivity contribution >= 4 is 11.6 Å². The summed E-state index contributed by atoms with van der Waals surface area (Å²) in [6.07, 6.45) is 2.67. The third-order valence-electron chi connectivity index (χ3n) is 7.06. The average Bonchev–Trinajstić information content (AvgIpc) is 3.43. The molecule has 0 saturated heterocycles. The van der Waals surface area contributed by atoms with Crippen LogP contribution in [0.1, 0.15) is 55.0 Å². The summed E-state index contributed by atoms with van der Waals surface area (Å²) in [5, 5.41) is 7.49. The number of hydrogen-bond acceptors (Lipinski definition) is 4. The monoisotopic (exact) mass is 492 g/mol. The van der Waals surface area contributed by atoms with Gasteiger partial charge < -0.3 is 9.84 Å². The predicted octanol–water partition coefficient (Wildman–Crippen LogP) is 6.60. The van der Waals surface area contributed by atoms with Crippen molar-refractivity contribution in [2.45, 2.75) is 46.1 Å². The summed E-state index contributed by atoms with van der Waals surface area (Å²) < 4.78 is 5.83. The standard InChI is InChI=1S/C31H32N4O2/c1-4-22-11-15-25(16-12-22)28-27(30-33-29(34-37-30)26-17-13-23(5-2)14-18-26)21(3)35(31(36)32-28)20-19-24-9-7-6-8-10-24/h6-18,28H,4-5,19-20H2,1-3H3,(H,32,36). The Kier molecular flexibility index (Phi) is 7.17. The van der Waals surface area contributed by atoms with Gasteiger partial charge >= 0.3 is 6.03 Å². The van der Waals surface area contributed by atoms with Crippen LogP contribution < -0.4 is 5.32 Å². The Labute approximate surface area is 218 Å². The van der Waals surface area contributed by atoms with Gasteiger partial charge in [0.1, 0.15) is 0 Å². The summed E-state index contributed by atoms with van der Waals surface area (Å²) in [5.74, 6) is 0.951. The number of aryl methyl sites for hydroxylation is 2. The molecule has 1 aromatic heterocycles. The minimum absolute atomic E-state index is 0.128. The maximum absolute atomic E-state index is 13.3. The molecule has 2 amide bonds. The lowest BCUT2D eigenvalue weighted by Crippen LogP contribution is -2.46. The molecular formula is C31H32N4O2. The van der Waals surface area contributed by atoms with Gasteiger partial charge in [0, 0.05) is 17.8 Å². The van der Waals surface area contributed by atoms with E-state index in [1.165, 1.54) is 16.7 Å². The van der Waals surface area contributed by atoms with E-state index in [1.54, 1.807) is 4.90 Å². The number of nitrogens with one attached hydrogen (secondary N) is 1. The van der Waals surface area contributed by atoms with Crippen molar-refractivity contribution in [3.8, 4) is 11.4 Å². The van der Waals surface area contributed by atoms with Gasteiger partial charge in [0.25, 0.3) is 5.89 Å². The molecule has 0 fully saturated rings. The van der Waals surface area contributed by atoms with E-state index in [0.717, 1.165) is 41.7 Å². The van der Waals surface area contributed by atoms with Crippen LogP contribution in [0.2, 0.25) is 0 Å². The highest BCUT2D eigenvalue weighted by Gasteiger charge is 2.35. The number of rotatable bonds is 8. The van der Waals surface area contributed by atoms with Crippen LogP contribution in [-0.2, 0) is 19.3 Å².